The molecule has 0 saturated heterocycles. The van der Waals surface area contributed by atoms with Gasteiger partial charge in [-0.1, -0.05) is 20.8 Å². The van der Waals surface area contributed by atoms with Gasteiger partial charge in [-0.2, -0.15) is 0 Å². The maximum absolute atomic E-state index is 12.1. The summed E-state index contributed by atoms with van der Waals surface area (Å²) in [7, 11) is 1.63. The van der Waals surface area contributed by atoms with Gasteiger partial charge >= 0.3 is 0 Å². The van der Waals surface area contributed by atoms with Crippen LogP contribution in [0.15, 0.2) is 18.3 Å². The largest absolute Gasteiger partial charge is 0.391 e. The van der Waals surface area contributed by atoms with Crippen molar-refractivity contribution in [2.45, 2.75) is 39.8 Å². The fourth-order valence-corrected chi connectivity index (χ4v) is 2.08. The predicted molar refractivity (Wildman–Crippen MR) is 78.7 cm³/mol. The maximum Gasteiger partial charge on any atom is 0.267 e. The van der Waals surface area contributed by atoms with Gasteiger partial charge in [0.2, 0.25) is 0 Å². The van der Waals surface area contributed by atoms with Crippen LogP contribution in [0.25, 0.3) is 0 Å². The van der Waals surface area contributed by atoms with Crippen LogP contribution in [0.2, 0.25) is 0 Å². The van der Waals surface area contributed by atoms with Gasteiger partial charge in [-0.05, 0) is 24.0 Å². The van der Waals surface area contributed by atoms with Crippen molar-refractivity contribution in [1.82, 2.24) is 9.88 Å². The molecule has 1 aromatic rings. The van der Waals surface area contributed by atoms with Gasteiger partial charge in [0.15, 0.2) is 0 Å². The third-order valence-electron chi connectivity index (χ3n) is 2.94. The highest BCUT2D eigenvalue weighted by Crippen LogP contribution is 2.20. The summed E-state index contributed by atoms with van der Waals surface area (Å²) in [5, 5.41) is 12.7. The van der Waals surface area contributed by atoms with Crippen LogP contribution < -0.4 is 5.32 Å². The summed E-state index contributed by atoms with van der Waals surface area (Å²) in [5.74, 6) is -0.168. The molecule has 1 unspecified atom stereocenters. The number of carbonyl (C=O) groups is 1. The molecule has 20 heavy (non-hydrogen) atoms. The third-order valence-corrected chi connectivity index (χ3v) is 2.94. The zero-order valence-corrected chi connectivity index (χ0v) is 12.8. The lowest BCUT2D eigenvalue weighted by Gasteiger charge is -2.22. The smallest absolute Gasteiger partial charge is 0.267 e. The van der Waals surface area contributed by atoms with Crippen LogP contribution in [0.3, 0.4) is 0 Å². The van der Waals surface area contributed by atoms with E-state index in [0.29, 0.717) is 25.3 Å². The zero-order chi connectivity index (χ0) is 15.2. The van der Waals surface area contributed by atoms with Gasteiger partial charge < -0.3 is 19.7 Å². The van der Waals surface area contributed by atoms with Crippen LogP contribution in [0.1, 0.15) is 37.7 Å². The van der Waals surface area contributed by atoms with E-state index in [-0.39, 0.29) is 17.9 Å². The highest BCUT2D eigenvalue weighted by Gasteiger charge is 2.18. The van der Waals surface area contributed by atoms with Gasteiger partial charge in [0.25, 0.3) is 5.91 Å². The quantitative estimate of drug-likeness (QED) is 0.799. The minimum absolute atomic E-state index is 0.0445. The van der Waals surface area contributed by atoms with Crippen molar-refractivity contribution >= 4 is 5.91 Å². The van der Waals surface area contributed by atoms with Crippen LogP contribution in [0.4, 0.5) is 0 Å². The zero-order valence-electron chi connectivity index (χ0n) is 12.8. The highest BCUT2D eigenvalue weighted by molar-refractivity contribution is 5.92. The Kier molecular flexibility index (Phi) is 6.23. The highest BCUT2D eigenvalue weighted by atomic mass is 16.5. The molecule has 0 aliphatic rings. The van der Waals surface area contributed by atoms with E-state index in [4.69, 9.17) is 4.74 Å². The molecule has 1 atom stereocenters. The van der Waals surface area contributed by atoms with Crippen molar-refractivity contribution in [2.75, 3.05) is 20.3 Å². The molecule has 0 fully saturated rings. The number of aromatic nitrogens is 1. The van der Waals surface area contributed by atoms with E-state index < -0.39 is 6.10 Å². The molecule has 5 heteroatoms. The molecule has 0 saturated carbocycles. The molecule has 114 valence electrons. The molecule has 0 radical (unpaired) electrons. The standard InChI is InChI=1S/C15H26N2O3/c1-15(2,3)10-12(18)11-16-14(19)13-6-5-7-17(13)8-9-20-4/h5-7,12,18H,8-11H2,1-4H3,(H,16,19). The number of methoxy groups -OCH3 is 1. The fraction of sp³-hybridized carbons (Fsp3) is 0.667. The van der Waals surface area contributed by atoms with Crippen molar-refractivity contribution in [2.24, 2.45) is 5.41 Å². The van der Waals surface area contributed by atoms with E-state index in [1.165, 1.54) is 0 Å². The Morgan fingerprint density at radius 1 is 1.50 bits per heavy atom. The second kappa shape index (κ2) is 7.45. The van der Waals surface area contributed by atoms with Crippen molar-refractivity contribution in [3.8, 4) is 0 Å². The van der Waals surface area contributed by atoms with Crippen LogP contribution in [0.5, 0.6) is 0 Å². The van der Waals surface area contributed by atoms with Gasteiger partial charge in [0.05, 0.1) is 12.7 Å². The second-order valence-corrected chi connectivity index (χ2v) is 6.21. The normalized spacial score (nSPS) is 13.2. The van der Waals surface area contributed by atoms with Gasteiger partial charge in [0.1, 0.15) is 5.69 Å². The maximum atomic E-state index is 12.1. The first-order valence-corrected chi connectivity index (χ1v) is 6.94. The predicted octanol–water partition coefficient (Wildman–Crippen LogP) is 1.66. The van der Waals surface area contributed by atoms with E-state index in [1.54, 1.807) is 13.2 Å². The lowest BCUT2D eigenvalue weighted by atomic mass is 9.89. The fourth-order valence-electron chi connectivity index (χ4n) is 2.08. The Bertz CT molecular complexity index is 421. The second-order valence-electron chi connectivity index (χ2n) is 6.21. The van der Waals surface area contributed by atoms with E-state index in [2.05, 4.69) is 26.1 Å². The first kappa shape index (κ1) is 16.7. The summed E-state index contributed by atoms with van der Waals surface area (Å²) >= 11 is 0. The summed E-state index contributed by atoms with van der Waals surface area (Å²) < 4.78 is 6.85. The molecule has 1 aromatic heterocycles. The Hall–Kier alpha value is -1.33. The number of aliphatic hydroxyl groups excluding tert-OH is 1. The van der Waals surface area contributed by atoms with Crippen molar-refractivity contribution < 1.29 is 14.6 Å². The topological polar surface area (TPSA) is 63.5 Å². The van der Waals surface area contributed by atoms with Crippen molar-refractivity contribution in [1.29, 1.82) is 0 Å². The summed E-state index contributed by atoms with van der Waals surface area (Å²) in [6, 6.07) is 3.59. The Morgan fingerprint density at radius 3 is 2.80 bits per heavy atom. The number of hydrogen-bond acceptors (Lipinski definition) is 3. The van der Waals surface area contributed by atoms with E-state index in [0.717, 1.165) is 0 Å². The average Bonchev–Trinajstić information content (AvgIpc) is 2.79. The lowest BCUT2D eigenvalue weighted by molar-refractivity contribution is 0.0858. The van der Waals surface area contributed by atoms with E-state index in [1.807, 2.05) is 16.8 Å². The molecular weight excluding hydrogens is 256 g/mol. The van der Waals surface area contributed by atoms with Crippen LogP contribution in [-0.4, -0.2) is 41.9 Å². The molecule has 1 amide bonds. The van der Waals surface area contributed by atoms with Gasteiger partial charge in [-0.15, -0.1) is 0 Å². The molecule has 0 bridgehead atoms. The first-order chi connectivity index (χ1) is 9.33. The number of amides is 1. The average molecular weight is 282 g/mol. The van der Waals surface area contributed by atoms with Crippen LogP contribution in [-0.2, 0) is 11.3 Å². The molecule has 1 heterocycles. The molecule has 1 rings (SSSR count). The summed E-state index contributed by atoms with van der Waals surface area (Å²) in [5.41, 5.74) is 0.632. The number of nitrogens with one attached hydrogen (secondary N) is 1. The molecule has 0 aliphatic carbocycles. The van der Waals surface area contributed by atoms with Gasteiger partial charge in [0, 0.05) is 26.4 Å². The molecule has 0 spiro atoms. The third kappa shape index (κ3) is 5.75. The Balaban J connectivity index is 2.49. The van der Waals surface area contributed by atoms with Crippen LogP contribution in [0, 0.1) is 5.41 Å². The van der Waals surface area contributed by atoms with Crippen LogP contribution >= 0.6 is 0 Å². The monoisotopic (exact) mass is 282 g/mol. The summed E-state index contributed by atoms with van der Waals surface area (Å²) in [6.07, 6.45) is 1.97. The summed E-state index contributed by atoms with van der Waals surface area (Å²) in [4.78, 5) is 12.1. The van der Waals surface area contributed by atoms with Crippen molar-refractivity contribution in [3.63, 3.8) is 0 Å². The molecular formula is C15H26N2O3. The van der Waals surface area contributed by atoms with Gasteiger partial charge in [-0.3, -0.25) is 4.79 Å². The number of hydrogen-bond donors (Lipinski definition) is 2. The number of ether oxygens (including phenoxy) is 1. The van der Waals surface area contributed by atoms with E-state index in [9.17, 15) is 9.90 Å². The molecule has 2 N–H and O–H groups in total. The lowest BCUT2D eigenvalue weighted by Crippen LogP contribution is -2.35. The number of aliphatic hydroxyl groups is 1. The number of nitrogens with zero attached hydrogens (tertiary/aromatic N) is 1. The minimum atomic E-state index is -0.527. The Morgan fingerprint density at radius 2 is 2.20 bits per heavy atom. The molecule has 0 aliphatic heterocycles. The molecule has 0 aromatic carbocycles. The van der Waals surface area contributed by atoms with Crippen molar-refractivity contribution in [3.05, 3.63) is 24.0 Å². The minimum Gasteiger partial charge on any atom is -0.391 e. The SMILES string of the molecule is COCCn1cccc1C(=O)NCC(O)CC(C)(C)C. The van der Waals surface area contributed by atoms with Gasteiger partial charge in [-0.25, -0.2) is 0 Å². The molecule has 5 nitrogen and oxygen atoms in total. The number of carbonyl (C=O) groups excluding carboxylic acids is 1. The summed E-state index contributed by atoms with van der Waals surface area (Å²) in [6.45, 7) is 7.65. The Labute approximate surface area is 120 Å². The van der Waals surface area contributed by atoms with E-state index >= 15 is 0 Å². The first-order valence-electron chi connectivity index (χ1n) is 6.94. The number of rotatable bonds is 7.